The minimum Gasteiger partial charge on any atom is -0.493 e. The van der Waals surface area contributed by atoms with Gasteiger partial charge in [0.05, 0.1) is 12.0 Å². The molecule has 1 aliphatic heterocycles. The number of ether oxygens (including phenoxy) is 2. The van der Waals surface area contributed by atoms with E-state index < -0.39 is 0 Å². The Balaban J connectivity index is 2.26. The van der Waals surface area contributed by atoms with Crippen molar-refractivity contribution in [2.75, 3.05) is 13.7 Å². The van der Waals surface area contributed by atoms with Gasteiger partial charge in [-0.2, -0.15) is 0 Å². The van der Waals surface area contributed by atoms with Crippen LogP contribution in [0.2, 0.25) is 0 Å². The average molecular weight is 364 g/mol. The summed E-state index contributed by atoms with van der Waals surface area (Å²) in [4.78, 5) is 14.9. The highest BCUT2D eigenvalue weighted by Crippen LogP contribution is 2.36. The summed E-state index contributed by atoms with van der Waals surface area (Å²) in [6, 6.07) is 5.65. The van der Waals surface area contributed by atoms with Crippen molar-refractivity contribution >= 4 is 40.3 Å². The third kappa shape index (κ3) is 3.99. The number of hydrogen-bond acceptors (Lipinski definition) is 5. The van der Waals surface area contributed by atoms with E-state index in [1.54, 1.807) is 18.1 Å². The Kier molecular flexibility index (Phi) is 6.45. The number of hydrogen-bond donors (Lipinski definition) is 0. The molecule has 24 heavy (non-hydrogen) atoms. The lowest BCUT2D eigenvalue weighted by atomic mass is 10.1. The molecule has 128 valence electrons. The second kappa shape index (κ2) is 8.35. The van der Waals surface area contributed by atoms with E-state index in [1.165, 1.54) is 11.8 Å². The Morgan fingerprint density at radius 3 is 2.79 bits per heavy atom. The SMILES string of the molecule is C=CCOc1ccc(C=C2SC(=S)N(C(C)CC)C2=O)cc1OC. The van der Waals surface area contributed by atoms with E-state index in [0.29, 0.717) is 27.3 Å². The zero-order chi connectivity index (χ0) is 17.7. The van der Waals surface area contributed by atoms with Crippen LogP contribution in [-0.2, 0) is 4.79 Å². The van der Waals surface area contributed by atoms with Crippen LogP contribution in [0.15, 0.2) is 35.8 Å². The maximum Gasteiger partial charge on any atom is 0.266 e. The molecule has 1 saturated heterocycles. The molecule has 0 bridgehead atoms. The standard InChI is InChI=1S/C18H21NO3S2/c1-5-9-22-14-8-7-13(10-15(14)21-4)11-16-17(20)19(12(3)6-2)18(23)24-16/h5,7-8,10-12H,1,6,9H2,2-4H3. The fourth-order valence-electron chi connectivity index (χ4n) is 2.24. The summed E-state index contributed by atoms with van der Waals surface area (Å²) in [5.74, 6) is 1.22. The lowest BCUT2D eigenvalue weighted by Gasteiger charge is -2.21. The summed E-state index contributed by atoms with van der Waals surface area (Å²) in [6.45, 7) is 8.08. The van der Waals surface area contributed by atoms with Gasteiger partial charge < -0.3 is 9.47 Å². The summed E-state index contributed by atoms with van der Waals surface area (Å²) in [5.41, 5.74) is 0.863. The first-order valence-electron chi connectivity index (χ1n) is 7.70. The van der Waals surface area contributed by atoms with Crippen LogP contribution >= 0.6 is 24.0 Å². The van der Waals surface area contributed by atoms with Gasteiger partial charge in [-0.3, -0.25) is 9.69 Å². The van der Waals surface area contributed by atoms with E-state index in [-0.39, 0.29) is 11.9 Å². The van der Waals surface area contributed by atoms with Gasteiger partial charge >= 0.3 is 0 Å². The molecule has 4 nitrogen and oxygen atoms in total. The summed E-state index contributed by atoms with van der Waals surface area (Å²) >= 11 is 6.68. The number of nitrogens with zero attached hydrogens (tertiary/aromatic N) is 1. The number of methoxy groups -OCH3 is 1. The number of amides is 1. The van der Waals surface area contributed by atoms with E-state index in [2.05, 4.69) is 6.58 Å². The van der Waals surface area contributed by atoms with E-state index in [9.17, 15) is 4.79 Å². The molecule has 1 aromatic carbocycles. The van der Waals surface area contributed by atoms with Crippen molar-refractivity contribution in [1.29, 1.82) is 0 Å². The zero-order valence-electron chi connectivity index (χ0n) is 14.1. The Morgan fingerprint density at radius 2 is 2.17 bits per heavy atom. The van der Waals surface area contributed by atoms with Gasteiger partial charge in [-0.1, -0.05) is 49.6 Å². The number of carbonyl (C=O) groups is 1. The Hall–Kier alpha value is -1.79. The minimum absolute atomic E-state index is 0.0368. The van der Waals surface area contributed by atoms with E-state index in [4.69, 9.17) is 21.7 Å². The van der Waals surface area contributed by atoms with Gasteiger partial charge in [-0.25, -0.2) is 0 Å². The molecule has 2 rings (SSSR count). The summed E-state index contributed by atoms with van der Waals surface area (Å²) in [7, 11) is 1.59. The van der Waals surface area contributed by atoms with Gasteiger partial charge in [0, 0.05) is 6.04 Å². The van der Waals surface area contributed by atoms with Crippen molar-refractivity contribution in [2.45, 2.75) is 26.3 Å². The fraction of sp³-hybridized carbons (Fsp3) is 0.333. The second-order valence-corrected chi connectivity index (χ2v) is 6.99. The van der Waals surface area contributed by atoms with E-state index in [0.717, 1.165) is 12.0 Å². The van der Waals surface area contributed by atoms with Crippen molar-refractivity contribution in [3.05, 3.63) is 41.3 Å². The van der Waals surface area contributed by atoms with Gasteiger partial charge in [0.15, 0.2) is 11.5 Å². The van der Waals surface area contributed by atoms with Gasteiger partial charge in [-0.15, -0.1) is 0 Å². The molecule has 0 aliphatic carbocycles. The summed E-state index contributed by atoms with van der Waals surface area (Å²) in [5, 5.41) is 0. The first kappa shape index (κ1) is 18.5. The number of carbonyl (C=O) groups excluding carboxylic acids is 1. The first-order chi connectivity index (χ1) is 11.5. The van der Waals surface area contributed by atoms with Crippen LogP contribution in [0.1, 0.15) is 25.8 Å². The molecule has 1 aliphatic rings. The predicted molar refractivity (Wildman–Crippen MR) is 103 cm³/mol. The third-order valence-electron chi connectivity index (χ3n) is 3.70. The zero-order valence-corrected chi connectivity index (χ0v) is 15.7. The highest BCUT2D eigenvalue weighted by atomic mass is 32.2. The largest absolute Gasteiger partial charge is 0.493 e. The first-order valence-corrected chi connectivity index (χ1v) is 8.93. The predicted octanol–water partition coefficient (Wildman–Crippen LogP) is 4.26. The minimum atomic E-state index is -0.0368. The maximum atomic E-state index is 12.6. The molecule has 1 atom stereocenters. The molecular formula is C18H21NO3S2. The van der Waals surface area contributed by atoms with Crippen molar-refractivity contribution in [1.82, 2.24) is 4.90 Å². The molecule has 1 unspecified atom stereocenters. The van der Waals surface area contributed by atoms with E-state index in [1.807, 2.05) is 38.1 Å². The summed E-state index contributed by atoms with van der Waals surface area (Å²) in [6.07, 6.45) is 4.37. The van der Waals surface area contributed by atoms with Crippen LogP contribution in [-0.4, -0.2) is 34.9 Å². The number of thiocarbonyl (C=S) groups is 1. The lowest BCUT2D eigenvalue weighted by Crippen LogP contribution is -2.36. The van der Waals surface area contributed by atoms with Crippen LogP contribution < -0.4 is 9.47 Å². The molecule has 0 radical (unpaired) electrons. The molecule has 0 saturated carbocycles. The molecule has 1 heterocycles. The molecule has 0 N–H and O–H groups in total. The van der Waals surface area contributed by atoms with Crippen LogP contribution in [0, 0.1) is 0 Å². The van der Waals surface area contributed by atoms with E-state index >= 15 is 0 Å². The molecule has 6 heteroatoms. The highest BCUT2D eigenvalue weighted by molar-refractivity contribution is 8.26. The topological polar surface area (TPSA) is 38.8 Å². The van der Waals surface area contributed by atoms with Crippen LogP contribution in [0.4, 0.5) is 0 Å². The number of thioether (sulfide) groups is 1. The quantitative estimate of drug-likeness (QED) is 0.411. The third-order valence-corrected chi connectivity index (χ3v) is 5.03. The number of benzene rings is 1. The highest BCUT2D eigenvalue weighted by Gasteiger charge is 2.34. The Labute approximate surface area is 152 Å². The van der Waals surface area contributed by atoms with Crippen LogP contribution in [0.3, 0.4) is 0 Å². The van der Waals surface area contributed by atoms with Crippen LogP contribution in [0.5, 0.6) is 11.5 Å². The molecular weight excluding hydrogens is 342 g/mol. The number of rotatable bonds is 7. The average Bonchev–Trinajstić information content (AvgIpc) is 2.86. The molecule has 1 amide bonds. The molecule has 1 fully saturated rings. The van der Waals surface area contributed by atoms with Gasteiger partial charge in [-0.05, 0) is 37.1 Å². The Bertz CT molecular complexity index is 685. The van der Waals surface area contributed by atoms with Gasteiger partial charge in [0.25, 0.3) is 5.91 Å². The Morgan fingerprint density at radius 1 is 1.42 bits per heavy atom. The molecule has 1 aromatic rings. The fourth-order valence-corrected chi connectivity index (χ4v) is 3.70. The van der Waals surface area contributed by atoms with Crippen molar-refractivity contribution in [2.24, 2.45) is 0 Å². The molecule has 0 spiro atoms. The monoisotopic (exact) mass is 363 g/mol. The van der Waals surface area contributed by atoms with Crippen molar-refractivity contribution in [3.63, 3.8) is 0 Å². The van der Waals surface area contributed by atoms with Crippen molar-refractivity contribution in [3.8, 4) is 11.5 Å². The van der Waals surface area contributed by atoms with Gasteiger partial charge in [0.1, 0.15) is 10.9 Å². The normalized spacial score (nSPS) is 17.3. The lowest BCUT2D eigenvalue weighted by molar-refractivity contribution is -0.123. The van der Waals surface area contributed by atoms with Gasteiger partial charge in [0.2, 0.25) is 0 Å². The molecule has 0 aromatic heterocycles. The van der Waals surface area contributed by atoms with Crippen molar-refractivity contribution < 1.29 is 14.3 Å². The van der Waals surface area contributed by atoms with Crippen LogP contribution in [0.25, 0.3) is 6.08 Å². The summed E-state index contributed by atoms with van der Waals surface area (Å²) < 4.78 is 11.5. The maximum absolute atomic E-state index is 12.6. The smallest absolute Gasteiger partial charge is 0.266 e. The second-order valence-electron chi connectivity index (χ2n) is 5.32.